The molecule has 0 N–H and O–H groups in total. The second-order valence-corrected chi connectivity index (χ2v) is 5.81. The SMILES string of the molecule is c1ccc(C2(c3ccccc3)CCOC3(OCCCO3)O2)cc1. The van der Waals surface area contributed by atoms with Crippen LogP contribution >= 0.6 is 0 Å². The van der Waals surface area contributed by atoms with Gasteiger partial charge in [-0.15, -0.1) is 0 Å². The van der Waals surface area contributed by atoms with Gasteiger partial charge in [0.2, 0.25) is 0 Å². The summed E-state index contributed by atoms with van der Waals surface area (Å²) >= 11 is 0. The highest BCUT2D eigenvalue weighted by Crippen LogP contribution is 2.45. The smallest absolute Gasteiger partial charge is 0.303 e. The molecule has 2 aliphatic heterocycles. The summed E-state index contributed by atoms with van der Waals surface area (Å²) in [5, 5.41) is 0. The van der Waals surface area contributed by atoms with Crippen LogP contribution in [0.15, 0.2) is 60.7 Å². The van der Waals surface area contributed by atoms with Crippen molar-refractivity contribution in [2.45, 2.75) is 24.6 Å². The van der Waals surface area contributed by atoms with E-state index in [9.17, 15) is 0 Å². The van der Waals surface area contributed by atoms with Crippen LogP contribution in [0.5, 0.6) is 0 Å². The third kappa shape index (κ3) is 2.68. The average molecular weight is 312 g/mol. The third-order valence-corrected chi connectivity index (χ3v) is 4.36. The molecule has 23 heavy (non-hydrogen) atoms. The molecular formula is C19H20O4. The summed E-state index contributed by atoms with van der Waals surface area (Å²) in [6.07, 6.45) is 0.149. The predicted octanol–water partition coefficient (Wildman–Crippen LogP) is 3.42. The highest BCUT2D eigenvalue weighted by atomic mass is 17.0. The molecule has 4 heteroatoms. The Kier molecular flexibility index (Phi) is 3.91. The molecule has 2 aliphatic rings. The molecule has 2 aromatic rings. The Hall–Kier alpha value is -1.72. The van der Waals surface area contributed by atoms with Crippen molar-refractivity contribution >= 4 is 0 Å². The van der Waals surface area contributed by atoms with Gasteiger partial charge in [0.25, 0.3) is 0 Å². The fourth-order valence-corrected chi connectivity index (χ4v) is 3.24. The van der Waals surface area contributed by atoms with E-state index in [1.807, 2.05) is 36.4 Å². The van der Waals surface area contributed by atoms with E-state index in [1.54, 1.807) is 0 Å². The maximum absolute atomic E-state index is 6.41. The van der Waals surface area contributed by atoms with E-state index in [2.05, 4.69) is 24.3 Å². The van der Waals surface area contributed by atoms with E-state index >= 15 is 0 Å². The van der Waals surface area contributed by atoms with Gasteiger partial charge in [0.1, 0.15) is 5.60 Å². The largest absolute Gasteiger partial charge is 0.413 e. The molecule has 2 fully saturated rings. The lowest BCUT2D eigenvalue weighted by Gasteiger charge is -2.47. The summed E-state index contributed by atoms with van der Waals surface area (Å²) in [6, 6.07) is 20.4. The van der Waals surface area contributed by atoms with Crippen LogP contribution in [-0.4, -0.2) is 26.0 Å². The minimum Gasteiger partial charge on any atom is -0.303 e. The van der Waals surface area contributed by atoms with E-state index in [0.29, 0.717) is 26.2 Å². The third-order valence-electron chi connectivity index (χ3n) is 4.36. The maximum Gasteiger partial charge on any atom is 0.413 e. The molecule has 2 heterocycles. The Balaban J connectivity index is 1.80. The topological polar surface area (TPSA) is 36.9 Å². The summed E-state index contributed by atoms with van der Waals surface area (Å²) in [5.41, 5.74) is 1.51. The number of rotatable bonds is 2. The summed E-state index contributed by atoms with van der Waals surface area (Å²) in [7, 11) is 0. The Morgan fingerprint density at radius 2 is 1.17 bits per heavy atom. The van der Waals surface area contributed by atoms with E-state index < -0.39 is 11.8 Å². The molecular weight excluding hydrogens is 292 g/mol. The van der Waals surface area contributed by atoms with Crippen molar-refractivity contribution in [3.8, 4) is 0 Å². The molecule has 120 valence electrons. The zero-order valence-corrected chi connectivity index (χ0v) is 12.9. The van der Waals surface area contributed by atoms with Crippen LogP contribution in [-0.2, 0) is 24.5 Å². The van der Waals surface area contributed by atoms with Crippen LogP contribution in [0.3, 0.4) is 0 Å². The Labute approximate surface area is 135 Å². The standard InChI is InChI=1S/C19H20O4/c1-3-8-16(9-4-1)18(17-10-5-2-6-11-17)12-15-22-19(23-18)20-13-7-14-21-19/h1-6,8-11H,7,12-15H2. The molecule has 0 amide bonds. The minimum atomic E-state index is -1.40. The van der Waals surface area contributed by atoms with Crippen LogP contribution in [0.1, 0.15) is 24.0 Å². The summed E-state index contributed by atoms with van der Waals surface area (Å²) in [4.78, 5) is 0. The van der Waals surface area contributed by atoms with Gasteiger partial charge in [-0.25, -0.2) is 0 Å². The van der Waals surface area contributed by atoms with Crippen LogP contribution in [0.2, 0.25) is 0 Å². The first-order chi connectivity index (χ1) is 11.3. The van der Waals surface area contributed by atoms with E-state index in [-0.39, 0.29) is 0 Å². The Bertz CT molecular complexity index is 590. The lowest BCUT2D eigenvalue weighted by atomic mass is 9.83. The van der Waals surface area contributed by atoms with Gasteiger partial charge in [-0.3, -0.25) is 4.74 Å². The molecule has 2 saturated heterocycles. The first kappa shape index (κ1) is 14.8. The van der Waals surface area contributed by atoms with Crippen molar-refractivity contribution in [2.75, 3.05) is 19.8 Å². The van der Waals surface area contributed by atoms with Gasteiger partial charge >= 0.3 is 6.16 Å². The fraction of sp³-hybridized carbons (Fsp3) is 0.368. The molecule has 0 bridgehead atoms. The molecule has 0 aliphatic carbocycles. The molecule has 2 aromatic carbocycles. The zero-order valence-electron chi connectivity index (χ0n) is 12.9. The van der Waals surface area contributed by atoms with Gasteiger partial charge in [0, 0.05) is 6.42 Å². The van der Waals surface area contributed by atoms with Gasteiger partial charge in [0.05, 0.1) is 19.8 Å². The fourth-order valence-electron chi connectivity index (χ4n) is 3.24. The number of benzene rings is 2. The van der Waals surface area contributed by atoms with Crippen LogP contribution < -0.4 is 0 Å². The zero-order chi connectivity index (χ0) is 15.6. The normalized spacial score (nSPS) is 22.8. The molecule has 0 unspecified atom stereocenters. The highest BCUT2D eigenvalue weighted by molar-refractivity contribution is 5.36. The van der Waals surface area contributed by atoms with Crippen molar-refractivity contribution in [3.63, 3.8) is 0 Å². The van der Waals surface area contributed by atoms with Gasteiger partial charge in [-0.05, 0) is 17.5 Å². The van der Waals surface area contributed by atoms with Crippen molar-refractivity contribution in [2.24, 2.45) is 0 Å². The molecule has 0 radical (unpaired) electrons. The van der Waals surface area contributed by atoms with Crippen LogP contribution in [0.4, 0.5) is 0 Å². The quantitative estimate of drug-likeness (QED) is 0.851. The maximum atomic E-state index is 6.41. The van der Waals surface area contributed by atoms with Gasteiger partial charge in [-0.1, -0.05) is 60.7 Å². The van der Waals surface area contributed by atoms with Gasteiger partial charge in [-0.2, -0.15) is 0 Å². The summed E-state index contributed by atoms with van der Waals surface area (Å²) < 4.78 is 23.6. The predicted molar refractivity (Wildman–Crippen MR) is 84.6 cm³/mol. The van der Waals surface area contributed by atoms with Crippen LogP contribution in [0, 0.1) is 0 Å². The second-order valence-electron chi connectivity index (χ2n) is 5.81. The van der Waals surface area contributed by atoms with E-state index in [4.69, 9.17) is 18.9 Å². The van der Waals surface area contributed by atoms with Crippen molar-refractivity contribution in [1.82, 2.24) is 0 Å². The van der Waals surface area contributed by atoms with Crippen molar-refractivity contribution in [1.29, 1.82) is 0 Å². The first-order valence-electron chi connectivity index (χ1n) is 8.06. The number of hydrogen-bond acceptors (Lipinski definition) is 4. The molecule has 4 nitrogen and oxygen atoms in total. The second kappa shape index (κ2) is 6.06. The highest BCUT2D eigenvalue weighted by Gasteiger charge is 2.52. The molecule has 0 saturated carbocycles. The molecule has 0 atom stereocenters. The lowest BCUT2D eigenvalue weighted by Crippen LogP contribution is -2.55. The minimum absolute atomic E-state index is 0.504. The lowest BCUT2D eigenvalue weighted by molar-refractivity contribution is -0.547. The summed E-state index contributed by atoms with van der Waals surface area (Å²) in [5.74, 6) is 0. The summed E-state index contributed by atoms with van der Waals surface area (Å²) in [6.45, 7) is 1.64. The number of ether oxygens (including phenoxy) is 4. The van der Waals surface area contributed by atoms with Gasteiger partial charge in [0.15, 0.2) is 0 Å². The molecule has 4 rings (SSSR count). The van der Waals surface area contributed by atoms with Gasteiger partial charge < -0.3 is 14.2 Å². The van der Waals surface area contributed by atoms with E-state index in [1.165, 1.54) is 0 Å². The molecule has 0 aromatic heterocycles. The number of hydrogen-bond donors (Lipinski definition) is 0. The van der Waals surface area contributed by atoms with E-state index in [0.717, 1.165) is 17.5 Å². The molecule has 1 spiro atoms. The van der Waals surface area contributed by atoms with Crippen molar-refractivity contribution in [3.05, 3.63) is 71.8 Å². The van der Waals surface area contributed by atoms with Crippen LogP contribution in [0.25, 0.3) is 0 Å². The first-order valence-corrected chi connectivity index (χ1v) is 8.06. The average Bonchev–Trinajstić information content (AvgIpc) is 2.64. The Morgan fingerprint density at radius 3 is 1.74 bits per heavy atom. The van der Waals surface area contributed by atoms with Crippen molar-refractivity contribution < 1.29 is 18.9 Å². The monoisotopic (exact) mass is 312 g/mol. The Morgan fingerprint density at radius 1 is 0.652 bits per heavy atom.